The van der Waals surface area contributed by atoms with Crippen molar-refractivity contribution in [2.45, 2.75) is 161 Å². The maximum Gasteiger partial charge on any atom is 0.472 e. The Morgan fingerprint density at radius 3 is 1.66 bits per heavy atom. The first-order chi connectivity index (χ1) is 21.2. The Bertz CT molecular complexity index is 761. The van der Waals surface area contributed by atoms with Gasteiger partial charge in [-0.1, -0.05) is 109 Å². The molecule has 44 heavy (non-hydrogen) atoms. The SMILES string of the molecule is CCCCCC/C=C\CCCCCCCC(=O)OC(COC(=O)CCCCCCCCCC)COP(=O)(O)OCC(O)CO. The Hall–Kier alpha value is -1.29. The van der Waals surface area contributed by atoms with Crippen LogP contribution in [0, 0.1) is 0 Å². The van der Waals surface area contributed by atoms with Crippen molar-refractivity contribution in [2.75, 3.05) is 26.4 Å². The smallest absolute Gasteiger partial charge is 0.462 e. The topological polar surface area (TPSA) is 149 Å². The normalized spacial score (nSPS) is 14.4. The summed E-state index contributed by atoms with van der Waals surface area (Å²) in [5.41, 5.74) is 0. The fourth-order valence-corrected chi connectivity index (χ4v) is 5.25. The summed E-state index contributed by atoms with van der Waals surface area (Å²) in [6.45, 7) is 2.29. The fourth-order valence-electron chi connectivity index (χ4n) is 4.46. The van der Waals surface area contributed by atoms with Crippen LogP contribution in [0.5, 0.6) is 0 Å². The quantitative estimate of drug-likeness (QED) is 0.0286. The minimum atomic E-state index is -4.60. The molecule has 0 aromatic heterocycles. The van der Waals surface area contributed by atoms with Gasteiger partial charge in [-0.25, -0.2) is 4.57 Å². The number of aliphatic hydroxyl groups is 2. The number of phosphoric acid groups is 1. The lowest BCUT2D eigenvalue weighted by molar-refractivity contribution is -0.161. The van der Waals surface area contributed by atoms with E-state index in [1.165, 1.54) is 51.4 Å². The summed E-state index contributed by atoms with van der Waals surface area (Å²) >= 11 is 0. The molecule has 3 atom stereocenters. The van der Waals surface area contributed by atoms with Crippen LogP contribution in [0.3, 0.4) is 0 Å². The monoisotopic (exact) mass is 650 g/mol. The number of ether oxygens (including phenoxy) is 2. The summed E-state index contributed by atoms with van der Waals surface area (Å²) < 4.78 is 32.4. The average molecular weight is 651 g/mol. The number of rotatable bonds is 32. The molecule has 0 aromatic rings. The second kappa shape index (κ2) is 30.4. The van der Waals surface area contributed by atoms with Gasteiger partial charge in [0.05, 0.1) is 19.8 Å². The third-order valence-corrected chi connectivity index (χ3v) is 8.12. The zero-order valence-electron chi connectivity index (χ0n) is 27.6. The molecule has 0 rings (SSSR count). The first-order valence-corrected chi connectivity index (χ1v) is 18.6. The van der Waals surface area contributed by atoms with E-state index in [0.717, 1.165) is 57.8 Å². The van der Waals surface area contributed by atoms with Crippen LogP contribution in [0.25, 0.3) is 0 Å². The highest BCUT2D eigenvalue weighted by atomic mass is 31.2. The summed E-state index contributed by atoms with van der Waals surface area (Å²) in [4.78, 5) is 34.6. The van der Waals surface area contributed by atoms with E-state index in [4.69, 9.17) is 19.1 Å². The number of phosphoric ester groups is 1. The largest absolute Gasteiger partial charge is 0.472 e. The van der Waals surface area contributed by atoms with Gasteiger partial charge in [-0.2, -0.15) is 0 Å². The van der Waals surface area contributed by atoms with Crippen molar-refractivity contribution >= 4 is 19.8 Å². The summed E-state index contributed by atoms with van der Waals surface area (Å²) in [6.07, 6.45) is 23.4. The van der Waals surface area contributed by atoms with E-state index < -0.39 is 51.8 Å². The Balaban J connectivity index is 4.43. The van der Waals surface area contributed by atoms with Crippen molar-refractivity contribution in [1.82, 2.24) is 0 Å². The molecule has 10 nitrogen and oxygen atoms in total. The highest BCUT2D eigenvalue weighted by molar-refractivity contribution is 7.47. The maximum absolute atomic E-state index is 12.5. The third kappa shape index (κ3) is 29.4. The minimum Gasteiger partial charge on any atom is -0.462 e. The zero-order chi connectivity index (χ0) is 32.7. The average Bonchev–Trinajstić information content (AvgIpc) is 3.00. The number of hydrogen-bond donors (Lipinski definition) is 3. The van der Waals surface area contributed by atoms with Crippen molar-refractivity contribution in [2.24, 2.45) is 0 Å². The van der Waals surface area contributed by atoms with Crippen LogP contribution >= 0.6 is 7.82 Å². The first-order valence-electron chi connectivity index (χ1n) is 17.1. The van der Waals surface area contributed by atoms with E-state index in [1.807, 2.05) is 0 Å². The molecule has 0 radical (unpaired) electrons. The standard InChI is InChI=1S/C33H63O10P/c1-3-5-7-9-11-13-14-15-16-17-19-21-23-25-33(37)43-31(29-42-44(38,39)41-27-30(35)26-34)28-40-32(36)24-22-20-18-12-10-8-6-4-2/h13-14,30-31,34-35H,3-12,15-29H2,1-2H3,(H,38,39)/b14-13-. The summed E-state index contributed by atoms with van der Waals surface area (Å²) in [7, 11) is -4.60. The van der Waals surface area contributed by atoms with E-state index in [0.29, 0.717) is 12.8 Å². The number of unbranched alkanes of at least 4 members (excludes halogenated alkanes) is 16. The van der Waals surface area contributed by atoms with Crippen LogP contribution in [0.2, 0.25) is 0 Å². The molecule has 0 amide bonds. The molecule has 3 N–H and O–H groups in total. The Kier molecular flexibility index (Phi) is 29.5. The highest BCUT2D eigenvalue weighted by Gasteiger charge is 2.27. The lowest BCUT2D eigenvalue weighted by atomic mass is 10.1. The van der Waals surface area contributed by atoms with Crippen LogP contribution in [0.4, 0.5) is 0 Å². The van der Waals surface area contributed by atoms with Gasteiger partial charge in [0.25, 0.3) is 0 Å². The van der Waals surface area contributed by atoms with Crippen LogP contribution in [-0.2, 0) is 32.7 Å². The Morgan fingerprint density at radius 1 is 0.659 bits per heavy atom. The van der Waals surface area contributed by atoms with Crippen LogP contribution < -0.4 is 0 Å². The van der Waals surface area contributed by atoms with Gasteiger partial charge >= 0.3 is 19.8 Å². The summed E-state index contributed by atoms with van der Waals surface area (Å²) in [5.74, 6) is -0.939. The molecule has 0 aliphatic carbocycles. The van der Waals surface area contributed by atoms with Gasteiger partial charge in [0.15, 0.2) is 6.10 Å². The Morgan fingerprint density at radius 2 is 1.11 bits per heavy atom. The molecule has 11 heteroatoms. The van der Waals surface area contributed by atoms with E-state index in [1.54, 1.807) is 0 Å². The van der Waals surface area contributed by atoms with Gasteiger partial charge in [-0.05, 0) is 38.5 Å². The van der Waals surface area contributed by atoms with Crippen molar-refractivity contribution < 1.29 is 47.8 Å². The summed E-state index contributed by atoms with van der Waals surface area (Å²) in [6, 6.07) is 0. The van der Waals surface area contributed by atoms with Crippen LogP contribution in [0.1, 0.15) is 149 Å². The molecule has 0 saturated carbocycles. The van der Waals surface area contributed by atoms with E-state index in [2.05, 4.69) is 30.5 Å². The number of hydrogen-bond acceptors (Lipinski definition) is 9. The molecule has 0 aliphatic heterocycles. The first kappa shape index (κ1) is 42.7. The second-order valence-electron chi connectivity index (χ2n) is 11.5. The van der Waals surface area contributed by atoms with Crippen LogP contribution in [0.15, 0.2) is 12.2 Å². The molecule has 0 aliphatic rings. The van der Waals surface area contributed by atoms with Crippen molar-refractivity contribution in [3.05, 3.63) is 12.2 Å². The predicted molar refractivity (Wildman–Crippen MR) is 173 cm³/mol. The van der Waals surface area contributed by atoms with E-state index in [9.17, 15) is 24.2 Å². The molecule has 0 aromatic carbocycles. The minimum absolute atomic E-state index is 0.177. The zero-order valence-corrected chi connectivity index (χ0v) is 28.5. The van der Waals surface area contributed by atoms with Crippen molar-refractivity contribution in [3.8, 4) is 0 Å². The molecule has 0 bridgehead atoms. The number of carbonyl (C=O) groups excluding carboxylic acids is 2. The Labute approximate surface area is 266 Å². The van der Waals surface area contributed by atoms with Gasteiger partial charge in [0, 0.05) is 12.8 Å². The van der Waals surface area contributed by atoms with Gasteiger partial charge in [-0.3, -0.25) is 18.6 Å². The lowest BCUT2D eigenvalue weighted by Crippen LogP contribution is -2.29. The van der Waals surface area contributed by atoms with Gasteiger partial charge in [-0.15, -0.1) is 0 Å². The molecule has 260 valence electrons. The predicted octanol–water partition coefficient (Wildman–Crippen LogP) is 7.72. The van der Waals surface area contributed by atoms with Gasteiger partial charge in [0.2, 0.25) is 0 Å². The maximum atomic E-state index is 12.5. The van der Waals surface area contributed by atoms with E-state index in [-0.39, 0.29) is 19.4 Å². The molecule has 0 spiro atoms. The number of allylic oxidation sites excluding steroid dienone is 2. The second-order valence-corrected chi connectivity index (χ2v) is 13.0. The molecule has 0 fully saturated rings. The van der Waals surface area contributed by atoms with Gasteiger partial charge < -0.3 is 24.6 Å². The van der Waals surface area contributed by atoms with Crippen molar-refractivity contribution in [3.63, 3.8) is 0 Å². The number of aliphatic hydroxyl groups excluding tert-OH is 2. The summed E-state index contributed by atoms with van der Waals surface area (Å²) in [5, 5.41) is 18.2. The third-order valence-electron chi connectivity index (χ3n) is 7.17. The molecule has 0 saturated heterocycles. The number of esters is 2. The molecule has 3 unspecified atom stereocenters. The molecular formula is C33H63O10P. The van der Waals surface area contributed by atoms with Gasteiger partial charge in [0.1, 0.15) is 12.7 Å². The van der Waals surface area contributed by atoms with E-state index >= 15 is 0 Å². The lowest BCUT2D eigenvalue weighted by Gasteiger charge is -2.20. The highest BCUT2D eigenvalue weighted by Crippen LogP contribution is 2.43. The van der Waals surface area contributed by atoms with Crippen LogP contribution in [-0.4, -0.2) is 65.7 Å². The number of carbonyl (C=O) groups is 2. The van der Waals surface area contributed by atoms with Crippen molar-refractivity contribution in [1.29, 1.82) is 0 Å². The molecular weight excluding hydrogens is 587 g/mol. The fraction of sp³-hybridized carbons (Fsp3) is 0.879. The molecule has 0 heterocycles.